The molecule has 0 aliphatic carbocycles. The van der Waals surface area contributed by atoms with Gasteiger partial charge in [-0.15, -0.1) is 0 Å². The molecule has 0 atom stereocenters. The predicted octanol–water partition coefficient (Wildman–Crippen LogP) is 4.99. The number of ether oxygens (including phenoxy) is 1. The first-order valence-corrected chi connectivity index (χ1v) is 9.13. The lowest BCUT2D eigenvalue weighted by molar-refractivity contribution is -0.121. The van der Waals surface area contributed by atoms with Crippen LogP contribution in [-0.4, -0.2) is 29.1 Å². The monoisotopic (exact) mass is 388 g/mol. The molecule has 7 heteroatoms. The second-order valence-electron chi connectivity index (χ2n) is 6.20. The van der Waals surface area contributed by atoms with Gasteiger partial charge in [-0.05, 0) is 61.5 Å². The van der Waals surface area contributed by atoms with Gasteiger partial charge in [0.2, 0.25) is 0 Å². The Morgan fingerprint density at radius 3 is 2.67 bits per heavy atom. The molecule has 4 nitrogen and oxygen atoms in total. The minimum absolute atomic E-state index is 0.0212. The van der Waals surface area contributed by atoms with Crippen LogP contribution in [0.4, 0.5) is 14.5 Å². The van der Waals surface area contributed by atoms with E-state index in [9.17, 15) is 13.6 Å². The minimum Gasteiger partial charge on any atom is -0.491 e. The molecule has 1 aliphatic heterocycles. The Labute approximate surface area is 160 Å². The molecule has 1 heterocycles. The molecule has 1 aliphatic rings. The highest BCUT2D eigenvalue weighted by atomic mass is 32.2. The molecule has 3 rings (SSSR count). The van der Waals surface area contributed by atoms with Crippen LogP contribution < -0.4 is 4.74 Å². The highest BCUT2D eigenvalue weighted by Gasteiger charge is 2.30. The largest absolute Gasteiger partial charge is 0.491 e. The fraction of sp³-hybridized carbons (Fsp3) is 0.200. The van der Waals surface area contributed by atoms with Crippen LogP contribution in [-0.2, 0) is 4.79 Å². The molecule has 0 saturated carbocycles. The highest BCUT2D eigenvalue weighted by molar-refractivity contribution is 8.18. The minimum atomic E-state index is -0.778. The average molecular weight is 388 g/mol. The summed E-state index contributed by atoms with van der Waals surface area (Å²) < 4.78 is 32.5. The summed E-state index contributed by atoms with van der Waals surface area (Å²) in [6.07, 6.45) is 1.78. The Balaban J connectivity index is 1.87. The fourth-order valence-electron chi connectivity index (χ4n) is 2.43. The van der Waals surface area contributed by atoms with Gasteiger partial charge in [0, 0.05) is 13.1 Å². The van der Waals surface area contributed by atoms with Crippen molar-refractivity contribution in [3.05, 3.63) is 64.6 Å². The summed E-state index contributed by atoms with van der Waals surface area (Å²) in [4.78, 5) is 18.4. The first-order chi connectivity index (χ1) is 12.8. The van der Waals surface area contributed by atoms with Crippen molar-refractivity contribution in [2.75, 3.05) is 7.05 Å². The van der Waals surface area contributed by atoms with Crippen LogP contribution in [0.3, 0.4) is 0 Å². The van der Waals surface area contributed by atoms with Crippen molar-refractivity contribution in [1.82, 2.24) is 4.90 Å². The number of rotatable bonds is 4. The Bertz CT molecular complexity index is 941. The maximum absolute atomic E-state index is 13.8. The van der Waals surface area contributed by atoms with Crippen molar-refractivity contribution in [3.63, 3.8) is 0 Å². The van der Waals surface area contributed by atoms with Crippen molar-refractivity contribution in [1.29, 1.82) is 0 Å². The van der Waals surface area contributed by atoms with Gasteiger partial charge in [-0.1, -0.05) is 12.1 Å². The topological polar surface area (TPSA) is 41.9 Å². The molecule has 140 valence electrons. The number of thioether (sulfide) groups is 1. The summed E-state index contributed by atoms with van der Waals surface area (Å²) in [7, 11) is 1.56. The third-order valence-corrected chi connectivity index (χ3v) is 4.72. The summed E-state index contributed by atoms with van der Waals surface area (Å²) in [6.45, 7) is 3.88. The van der Waals surface area contributed by atoms with Crippen LogP contribution in [0.25, 0.3) is 6.08 Å². The molecule has 0 radical (unpaired) electrons. The van der Waals surface area contributed by atoms with Crippen LogP contribution in [0.1, 0.15) is 19.4 Å². The van der Waals surface area contributed by atoms with E-state index < -0.39 is 11.6 Å². The summed E-state index contributed by atoms with van der Waals surface area (Å²) in [6, 6.07) is 10.5. The van der Waals surface area contributed by atoms with Gasteiger partial charge in [0.15, 0.2) is 11.0 Å². The van der Waals surface area contributed by atoms with E-state index in [0.717, 1.165) is 29.5 Å². The summed E-state index contributed by atoms with van der Waals surface area (Å²) in [5.74, 6) is -0.981. The lowest BCUT2D eigenvalue weighted by Gasteiger charge is -2.09. The van der Waals surface area contributed by atoms with Crippen LogP contribution >= 0.6 is 11.8 Å². The molecule has 1 saturated heterocycles. The summed E-state index contributed by atoms with van der Waals surface area (Å²) in [5.41, 5.74) is 0.791. The molecule has 2 aromatic rings. The number of likely N-dealkylation sites (N-methyl/N-ethyl adjacent to an activating group) is 1. The van der Waals surface area contributed by atoms with E-state index in [1.807, 2.05) is 38.1 Å². The maximum Gasteiger partial charge on any atom is 0.266 e. The van der Waals surface area contributed by atoms with Crippen molar-refractivity contribution in [2.45, 2.75) is 20.0 Å². The quantitative estimate of drug-likeness (QED) is 0.694. The molecule has 0 unspecified atom stereocenters. The summed E-state index contributed by atoms with van der Waals surface area (Å²) >= 11 is 1.14. The molecule has 2 aromatic carbocycles. The van der Waals surface area contributed by atoms with Crippen LogP contribution in [0.2, 0.25) is 0 Å². The maximum atomic E-state index is 13.8. The highest BCUT2D eigenvalue weighted by Crippen LogP contribution is 2.34. The summed E-state index contributed by atoms with van der Waals surface area (Å²) in [5, 5.41) is 0.325. The average Bonchev–Trinajstić information content (AvgIpc) is 2.85. The standard InChI is InChI=1S/C20H18F2N2O2S/c1-12(2)26-15-6-4-5-13(9-15)10-18-19(25)24(3)20(27-18)23-17-8-7-14(21)11-16(17)22/h4-12H,1-3H3/b18-10+,23-20?. The second kappa shape index (κ2) is 7.92. The normalized spacial score (nSPS) is 17.4. The zero-order chi connectivity index (χ0) is 19.6. The number of amides is 1. The van der Waals surface area contributed by atoms with Crippen LogP contribution in [0, 0.1) is 11.6 Å². The molecular weight excluding hydrogens is 370 g/mol. The van der Waals surface area contributed by atoms with Gasteiger partial charge in [0.1, 0.15) is 17.3 Å². The van der Waals surface area contributed by atoms with Crippen LogP contribution in [0.5, 0.6) is 5.75 Å². The molecule has 1 fully saturated rings. The fourth-order valence-corrected chi connectivity index (χ4v) is 3.41. The molecule has 27 heavy (non-hydrogen) atoms. The number of benzene rings is 2. The Morgan fingerprint density at radius 2 is 1.96 bits per heavy atom. The van der Waals surface area contributed by atoms with Crippen molar-refractivity contribution < 1.29 is 18.3 Å². The smallest absolute Gasteiger partial charge is 0.266 e. The van der Waals surface area contributed by atoms with E-state index in [1.165, 1.54) is 11.0 Å². The van der Waals surface area contributed by atoms with E-state index in [4.69, 9.17) is 4.74 Å². The van der Waals surface area contributed by atoms with Gasteiger partial charge in [-0.25, -0.2) is 13.8 Å². The van der Waals surface area contributed by atoms with E-state index in [2.05, 4.69) is 4.99 Å². The molecule has 1 amide bonds. The number of nitrogens with zero attached hydrogens (tertiary/aromatic N) is 2. The number of carbonyl (C=O) groups is 1. The second-order valence-corrected chi connectivity index (χ2v) is 7.21. The van der Waals surface area contributed by atoms with E-state index in [1.54, 1.807) is 13.1 Å². The molecule has 0 spiro atoms. The lowest BCUT2D eigenvalue weighted by atomic mass is 10.2. The molecular formula is C20H18F2N2O2S. The van der Waals surface area contributed by atoms with Crippen molar-refractivity contribution >= 4 is 34.6 Å². The molecule has 0 bridgehead atoms. The zero-order valence-electron chi connectivity index (χ0n) is 15.1. The first kappa shape index (κ1) is 19.1. The molecule has 0 aromatic heterocycles. The first-order valence-electron chi connectivity index (χ1n) is 8.31. The van der Waals surface area contributed by atoms with Gasteiger partial charge in [0.25, 0.3) is 5.91 Å². The van der Waals surface area contributed by atoms with Crippen LogP contribution in [0.15, 0.2) is 52.4 Å². The van der Waals surface area contributed by atoms with Gasteiger partial charge in [0.05, 0.1) is 11.0 Å². The number of hydrogen-bond acceptors (Lipinski definition) is 4. The number of hydrogen-bond donors (Lipinski definition) is 0. The van der Waals surface area contributed by atoms with E-state index in [0.29, 0.717) is 15.8 Å². The van der Waals surface area contributed by atoms with Gasteiger partial charge >= 0.3 is 0 Å². The zero-order valence-corrected chi connectivity index (χ0v) is 15.9. The molecule has 0 N–H and O–H groups in total. The van der Waals surface area contributed by atoms with Gasteiger partial charge in [-0.2, -0.15) is 0 Å². The lowest BCUT2D eigenvalue weighted by Crippen LogP contribution is -2.23. The van der Waals surface area contributed by atoms with E-state index in [-0.39, 0.29) is 17.7 Å². The van der Waals surface area contributed by atoms with Gasteiger partial charge < -0.3 is 4.74 Å². The van der Waals surface area contributed by atoms with E-state index >= 15 is 0 Å². The van der Waals surface area contributed by atoms with Crippen molar-refractivity contribution in [3.8, 4) is 5.75 Å². The number of amidine groups is 1. The van der Waals surface area contributed by atoms with Crippen molar-refractivity contribution in [2.24, 2.45) is 4.99 Å². The van der Waals surface area contributed by atoms with Gasteiger partial charge in [-0.3, -0.25) is 9.69 Å². The Hall–Kier alpha value is -2.67. The predicted molar refractivity (Wildman–Crippen MR) is 104 cm³/mol. The number of carbonyl (C=O) groups excluding carboxylic acids is 1. The number of aliphatic imine (C=N–C) groups is 1. The SMILES string of the molecule is CC(C)Oc1cccc(/C=C2/SC(=Nc3ccc(F)cc3F)N(C)C2=O)c1. The third-order valence-electron chi connectivity index (χ3n) is 3.66. The number of halogens is 2. The third kappa shape index (κ3) is 4.54. The Kier molecular flexibility index (Phi) is 5.60. The Morgan fingerprint density at radius 1 is 1.19 bits per heavy atom.